The zero-order chi connectivity index (χ0) is 28.9. The molecule has 9 nitrogen and oxygen atoms in total. The third kappa shape index (κ3) is 6.04. The molecular formula is C27H27Cl4N5O4S. The van der Waals surface area contributed by atoms with E-state index in [2.05, 4.69) is 28.4 Å². The van der Waals surface area contributed by atoms with Gasteiger partial charge in [-0.3, -0.25) is 14.3 Å². The molecular weight excluding hydrogens is 632 g/mol. The monoisotopic (exact) mass is 657 g/mol. The fraction of sp³-hybridized carbons (Fsp3) is 0.481. The summed E-state index contributed by atoms with van der Waals surface area (Å²) in [5, 5.41) is 6.09. The number of fused-ring (bicyclic) bond motifs is 2. The van der Waals surface area contributed by atoms with Crippen LogP contribution in [-0.2, 0) is 26.8 Å². The van der Waals surface area contributed by atoms with E-state index in [1.807, 2.05) is 17.4 Å². The van der Waals surface area contributed by atoms with Crippen molar-refractivity contribution in [3.05, 3.63) is 46.6 Å². The second-order valence-electron chi connectivity index (χ2n) is 11.0. The van der Waals surface area contributed by atoms with Crippen molar-refractivity contribution in [3.8, 4) is 0 Å². The van der Waals surface area contributed by atoms with Gasteiger partial charge in [0.25, 0.3) is 9.70 Å². The first kappa shape index (κ1) is 29.0. The fourth-order valence-corrected chi connectivity index (χ4v) is 7.50. The summed E-state index contributed by atoms with van der Waals surface area (Å²) in [6.07, 6.45) is 5.24. The molecule has 2 aliphatic heterocycles. The fourth-order valence-electron chi connectivity index (χ4n) is 5.93. The number of halogens is 4. The van der Waals surface area contributed by atoms with E-state index in [4.69, 9.17) is 61.1 Å². The highest BCUT2D eigenvalue weighted by molar-refractivity contribution is 7.85. The molecule has 1 aromatic carbocycles. The van der Waals surface area contributed by atoms with Gasteiger partial charge in [-0.25, -0.2) is 9.78 Å². The molecule has 0 bridgehead atoms. The number of hydrogen-bond donors (Lipinski definition) is 2. The average Bonchev–Trinajstić information content (AvgIpc) is 3.59. The number of aryl methyl sites for hydroxylation is 1. The van der Waals surface area contributed by atoms with Crippen molar-refractivity contribution in [2.24, 2.45) is 11.8 Å². The van der Waals surface area contributed by atoms with E-state index < -0.39 is 32.1 Å². The van der Waals surface area contributed by atoms with Crippen LogP contribution in [0, 0.1) is 11.8 Å². The van der Waals surface area contributed by atoms with Crippen LogP contribution in [-0.4, -0.2) is 61.0 Å². The lowest BCUT2D eigenvalue weighted by atomic mass is 9.77. The van der Waals surface area contributed by atoms with Crippen LogP contribution in [0.4, 0.5) is 16.6 Å². The van der Waals surface area contributed by atoms with Gasteiger partial charge in [0.1, 0.15) is 17.3 Å². The molecule has 2 amide bonds. The zero-order valence-electron chi connectivity index (χ0n) is 21.8. The first-order valence-corrected chi connectivity index (χ1v) is 16.2. The van der Waals surface area contributed by atoms with E-state index in [-0.39, 0.29) is 6.61 Å². The minimum absolute atomic E-state index is 0.0428. The highest BCUT2D eigenvalue weighted by Crippen LogP contribution is 2.43. The van der Waals surface area contributed by atoms with E-state index in [0.717, 1.165) is 36.6 Å². The number of hydrogen-bond acceptors (Lipinski definition) is 8. The van der Waals surface area contributed by atoms with Crippen LogP contribution in [0.3, 0.4) is 0 Å². The molecule has 0 unspecified atom stereocenters. The molecule has 218 valence electrons. The summed E-state index contributed by atoms with van der Waals surface area (Å²) >= 11 is 22.6. The lowest BCUT2D eigenvalue weighted by Gasteiger charge is -2.42. The van der Waals surface area contributed by atoms with Gasteiger partial charge >= 0.3 is 6.09 Å². The molecule has 2 fully saturated rings. The van der Waals surface area contributed by atoms with Crippen molar-refractivity contribution in [2.75, 3.05) is 35.7 Å². The maximum Gasteiger partial charge on any atom is 0.414 e. The van der Waals surface area contributed by atoms with E-state index in [1.165, 1.54) is 11.1 Å². The maximum atomic E-state index is 12.9. The molecule has 1 saturated carbocycles. The van der Waals surface area contributed by atoms with Gasteiger partial charge in [-0.15, -0.1) is 0 Å². The van der Waals surface area contributed by atoms with Gasteiger partial charge in [-0.1, -0.05) is 64.6 Å². The van der Waals surface area contributed by atoms with Crippen LogP contribution in [0.5, 0.6) is 0 Å². The number of nitrogens with zero attached hydrogens (tertiary/aromatic N) is 3. The predicted molar refractivity (Wildman–Crippen MR) is 160 cm³/mol. The number of allylic oxidation sites excluding steroid dienone is 1. The van der Waals surface area contributed by atoms with Crippen LogP contribution in [0.25, 0.3) is 5.57 Å². The molecule has 1 aromatic heterocycles. The molecule has 3 atom stereocenters. The van der Waals surface area contributed by atoms with Crippen molar-refractivity contribution in [3.63, 3.8) is 0 Å². The number of amides is 2. The standard InChI is InChI=1S/C27H27Cl4N5O4S/c28-19-4-2-15(3-5-19)16-10-17-12-36(13-18(17)11-16)24-32-20-6-9-41(39)21(20)22(33-24)35-26(7-1-8-26)14-40-25(38)34-23(37)27(29,30)31/h2-5,10,17-18H,1,6-9,11-14H2,(H,32,33,35)(H,34,37,38)/t17-,18+,41-/m1/s1. The van der Waals surface area contributed by atoms with E-state index in [0.29, 0.717) is 53.5 Å². The van der Waals surface area contributed by atoms with Crippen molar-refractivity contribution in [1.82, 2.24) is 15.3 Å². The Morgan fingerprint density at radius 2 is 1.90 bits per heavy atom. The number of nitrogens with one attached hydrogen (secondary N) is 2. The van der Waals surface area contributed by atoms with E-state index in [9.17, 15) is 13.8 Å². The summed E-state index contributed by atoms with van der Waals surface area (Å²) in [6.45, 7) is 1.58. The highest BCUT2D eigenvalue weighted by Gasteiger charge is 2.43. The molecule has 3 heterocycles. The first-order chi connectivity index (χ1) is 19.5. The summed E-state index contributed by atoms with van der Waals surface area (Å²) in [4.78, 5) is 36.5. The van der Waals surface area contributed by atoms with Crippen LogP contribution in [0.2, 0.25) is 5.02 Å². The summed E-state index contributed by atoms with van der Waals surface area (Å²) in [5.74, 6) is 1.37. The van der Waals surface area contributed by atoms with Gasteiger partial charge in [-0.2, -0.15) is 4.98 Å². The second-order valence-corrected chi connectivity index (χ2v) is 15.2. The number of benzene rings is 1. The molecule has 2 N–H and O–H groups in total. The van der Waals surface area contributed by atoms with Crippen molar-refractivity contribution >= 4 is 86.5 Å². The molecule has 2 aromatic rings. The highest BCUT2D eigenvalue weighted by atomic mass is 35.6. The number of aromatic nitrogens is 2. The normalized spacial score (nSPS) is 24.2. The number of alkyl halides is 3. The van der Waals surface area contributed by atoms with Gasteiger partial charge < -0.3 is 15.0 Å². The minimum Gasteiger partial charge on any atom is -0.447 e. The third-order valence-corrected chi connectivity index (χ3v) is 10.4. The van der Waals surface area contributed by atoms with Crippen LogP contribution in [0.15, 0.2) is 35.2 Å². The number of alkyl carbamates (subject to hydrolysis) is 1. The molecule has 41 heavy (non-hydrogen) atoms. The van der Waals surface area contributed by atoms with Gasteiger partial charge in [0.15, 0.2) is 0 Å². The van der Waals surface area contributed by atoms with Crippen molar-refractivity contribution < 1.29 is 18.5 Å². The van der Waals surface area contributed by atoms with Crippen LogP contribution >= 0.6 is 46.4 Å². The summed E-state index contributed by atoms with van der Waals surface area (Å²) in [7, 11) is -1.23. The molecule has 0 radical (unpaired) electrons. The predicted octanol–water partition coefficient (Wildman–Crippen LogP) is 5.29. The van der Waals surface area contributed by atoms with Gasteiger partial charge in [0.2, 0.25) is 5.95 Å². The minimum atomic E-state index is -2.28. The lowest BCUT2D eigenvalue weighted by Crippen LogP contribution is -2.51. The Bertz CT molecular complexity index is 1440. The SMILES string of the molecule is O=C(NC(=O)C(Cl)(Cl)Cl)OCC1(Nc2nc(N3C[C@@H]4CC(c5ccc(Cl)cc5)=C[C@@H]4C3)nc3c2[S@](=O)CC3)CCC1. The van der Waals surface area contributed by atoms with E-state index in [1.54, 1.807) is 0 Å². The molecule has 1 saturated heterocycles. The first-order valence-electron chi connectivity index (χ1n) is 13.3. The van der Waals surface area contributed by atoms with E-state index >= 15 is 0 Å². The smallest absolute Gasteiger partial charge is 0.414 e. The Labute approximate surface area is 259 Å². The van der Waals surface area contributed by atoms with Crippen molar-refractivity contribution in [1.29, 1.82) is 0 Å². The topological polar surface area (TPSA) is 114 Å². The second kappa shape index (κ2) is 11.2. The summed E-state index contributed by atoms with van der Waals surface area (Å²) < 4.78 is 16.0. The maximum absolute atomic E-state index is 12.9. The van der Waals surface area contributed by atoms with Gasteiger partial charge in [-0.05, 0) is 60.8 Å². The lowest BCUT2D eigenvalue weighted by molar-refractivity contribution is -0.119. The average molecular weight is 659 g/mol. The quantitative estimate of drug-likeness (QED) is 0.403. The number of imide groups is 1. The Morgan fingerprint density at radius 1 is 1.15 bits per heavy atom. The summed E-state index contributed by atoms with van der Waals surface area (Å²) in [6, 6.07) is 7.98. The number of anilines is 2. The number of carbonyl (C=O) groups is 2. The van der Waals surface area contributed by atoms with Crippen molar-refractivity contribution in [2.45, 2.75) is 46.3 Å². The molecule has 0 spiro atoms. The Morgan fingerprint density at radius 3 is 2.56 bits per heavy atom. The van der Waals surface area contributed by atoms with Gasteiger partial charge in [0.05, 0.1) is 22.0 Å². The number of rotatable bonds is 6. The molecule has 14 heteroatoms. The molecule has 4 aliphatic rings. The number of carbonyl (C=O) groups excluding carboxylic acids is 2. The molecule has 2 aliphatic carbocycles. The third-order valence-electron chi connectivity index (χ3n) is 8.21. The Balaban J connectivity index is 1.18. The van der Waals surface area contributed by atoms with Crippen LogP contribution in [0.1, 0.15) is 36.9 Å². The Kier molecular flexibility index (Phi) is 7.91. The summed E-state index contributed by atoms with van der Waals surface area (Å²) in [5.41, 5.74) is 2.71. The van der Waals surface area contributed by atoms with Crippen LogP contribution < -0.4 is 15.5 Å². The number of ether oxygens (including phenoxy) is 1. The van der Waals surface area contributed by atoms with Gasteiger partial charge in [0, 0.05) is 30.3 Å². The Hall–Kier alpha value is -2.11. The zero-order valence-corrected chi connectivity index (χ0v) is 25.6. The molecule has 6 rings (SSSR count). The largest absolute Gasteiger partial charge is 0.447 e.